The molecule has 0 unspecified atom stereocenters. The number of carbonyl (C=O) groups is 3. The molecule has 0 aliphatic carbocycles. The number of aryl methyl sites for hydroxylation is 1. The number of anilines is 1. The highest BCUT2D eigenvalue weighted by Crippen LogP contribution is 2.15. The number of hydrogen-bond acceptors (Lipinski definition) is 5. The van der Waals surface area contributed by atoms with E-state index >= 15 is 0 Å². The van der Waals surface area contributed by atoms with Gasteiger partial charge in [-0.25, -0.2) is 0 Å². The van der Waals surface area contributed by atoms with Crippen LogP contribution in [0.1, 0.15) is 50.5 Å². The zero-order valence-corrected chi connectivity index (χ0v) is 20.4. The molecule has 3 amide bonds. The first-order valence-corrected chi connectivity index (χ1v) is 11.3. The van der Waals surface area contributed by atoms with Crippen LogP contribution in [0, 0.1) is 6.92 Å². The van der Waals surface area contributed by atoms with E-state index in [0.717, 1.165) is 5.56 Å². The molecule has 0 bridgehead atoms. The van der Waals surface area contributed by atoms with Crippen molar-refractivity contribution in [1.29, 1.82) is 0 Å². The lowest BCUT2D eigenvalue weighted by Gasteiger charge is -2.13. The van der Waals surface area contributed by atoms with Gasteiger partial charge in [-0.1, -0.05) is 23.8 Å². The van der Waals surface area contributed by atoms with E-state index in [1.54, 1.807) is 60.7 Å². The first-order valence-electron chi connectivity index (χ1n) is 10.9. The summed E-state index contributed by atoms with van der Waals surface area (Å²) in [7, 11) is 0. The topological polar surface area (TPSA) is 109 Å². The molecule has 0 spiro atoms. The lowest BCUT2D eigenvalue weighted by Crippen LogP contribution is -2.48. The third-order valence-corrected chi connectivity index (χ3v) is 4.87. The molecular formula is C26H26N4O4S. The van der Waals surface area contributed by atoms with Gasteiger partial charge in [-0.2, -0.15) is 0 Å². The highest BCUT2D eigenvalue weighted by atomic mass is 32.1. The van der Waals surface area contributed by atoms with Crippen LogP contribution in [0.25, 0.3) is 0 Å². The number of hydrazine groups is 1. The summed E-state index contributed by atoms with van der Waals surface area (Å²) in [5.74, 6) is -0.585. The van der Waals surface area contributed by atoms with Gasteiger partial charge < -0.3 is 10.1 Å². The summed E-state index contributed by atoms with van der Waals surface area (Å²) < 4.78 is 5.59. The maximum absolute atomic E-state index is 12.4. The Morgan fingerprint density at radius 2 is 1.43 bits per heavy atom. The minimum atomic E-state index is -0.467. The van der Waals surface area contributed by atoms with Crippen LogP contribution in [0.3, 0.4) is 0 Å². The zero-order valence-electron chi connectivity index (χ0n) is 19.5. The van der Waals surface area contributed by atoms with Gasteiger partial charge >= 0.3 is 0 Å². The smallest absolute Gasteiger partial charge is 0.269 e. The Balaban J connectivity index is 1.49. The van der Waals surface area contributed by atoms with E-state index in [1.807, 2.05) is 32.9 Å². The quantitative estimate of drug-likeness (QED) is 0.307. The fraction of sp³-hybridized carbons (Fsp3) is 0.154. The Hall–Kier alpha value is -4.24. The Bertz CT molecular complexity index is 1240. The van der Waals surface area contributed by atoms with Crippen molar-refractivity contribution in [2.24, 2.45) is 0 Å². The SMILES string of the molecule is Cc1cccc(C(=O)Nc2ccc(C(=O)NNC(=S)NC(=O)c3cccc(OC(C)C)c3)cc2)c1. The molecule has 0 saturated carbocycles. The number of carbonyl (C=O) groups excluding carboxylic acids is 3. The van der Waals surface area contributed by atoms with Gasteiger partial charge in [0.2, 0.25) is 0 Å². The number of ether oxygens (including phenoxy) is 1. The summed E-state index contributed by atoms with van der Waals surface area (Å²) in [5.41, 5.74) is 7.71. The fourth-order valence-electron chi connectivity index (χ4n) is 3.07. The molecule has 180 valence electrons. The molecule has 0 aliphatic rings. The van der Waals surface area contributed by atoms with Crippen molar-refractivity contribution in [3.8, 4) is 5.75 Å². The lowest BCUT2D eigenvalue weighted by molar-refractivity contribution is 0.0934. The molecule has 4 N–H and O–H groups in total. The molecule has 3 aromatic carbocycles. The Morgan fingerprint density at radius 3 is 2.09 bits per heavy atom. The van der Waals surface area contributed by atoms with Gasteiger partial charge in [-0.3, -0.25) is 30.6 Å². The average molecular weight is 491 g/mol. The van der Waals surface area contributed by atoms with Crippen LogP contribution >= 0.6 is 12.2 Å². The van der Waals surface area contributed by atoms with Gasteiger partial charge in [-0.05, 0) is 87.6 Å². The molecule has 0 atom stereocenters. The van der Waals surface area contributed by atoms with Crippen LogP contribution in [0.15, 0.2) is 72.8 Å². The monoisotopic (exact) mass is 490 g/mol. The molecule has 9 heteroatoms. The van der Waals surface area contributed by atoms with Gasteiger partial charge in [0.15, 0.2) is 5.11 Å². The molecule has 0 heterocycles. The first kappa shape index (κ1) is 25.4. The van der Waals surface area contributed by atoms with E-state index in [-0.39, 0.29) is 17.1 Å². The van der Waals surface area contributed by atoms with Crippen molar-refractivity contribution in [3.05, 3.63) is 95.1 Å². The van der Waals surface area contributed by atoms with Crippen LogP contribution in [0.2, 0.25) is 0 Å². The van der Waals surface area contributed by atoms with Gasteiger partial charge in [-0.15, -0.1) is 0 Å². The Morgan fingerprint density at radius 1 is 0.771 bits per heavy atom. The standard InChI is InChI=1S/C26H26N4O4S/c1-16(2)34-22-9-5-8-20(15-22)24(32)28-26(35)30-29-25(33)18-10-12-21(13-11-18)27-23(31)19-7-4-6-17(3)14-19/h4-16H,1-3H3,(H,27,31)(H,29,33)(H2,28,30,32,35). The molecule has 0 aliphatic heterocycles. The van der Waals surface area contributed by atoms with Crippen molar-refractivity contribution in [1.82, 2.24) is 16.2 Å². The molecule has 8 nitrogen and oxygen atoms in total. The van der Waals surface area contributed by atoms with Gasteiger partial charge in [0, 0.05) is 22.4 Å². The van der Waals surface area contributed by atoms with Gasteiger partial charge in [0.25, 0.3) is 17.7 Å². The van der Waals surface area contributed by atoms with E-state index in [1.165, 1.54) is 0 Å². The molecule has 0 saturated heterocycles. The van der Waals surface area contributed by atoms with E-state index in [4.69, 9.17) is 17.0 Å². The number of hydrogen-bond donors (Lipinski definition) is 4. The molecule has 0 aromatic heterocycles. The number of rotatable bonds is 6. The second kappa shape index (κ2) is 11.8. The molecule has 0 fully saturated rings. The van der Waals surface area contributed by atoms with Crippen molar-refractivity contribution in [3.63, 3.8) is 0 Å². The Labute approximate surface area is 209 Å². The molecule has 3 rings (SSSR count). The minimum Gasteiger partial charge on any atom is -0.491 e. The molecular weight excluding hydrogens is 464 g/mol. The molecule has 0 radical (unpaired) electrons. The van der Waals surface area contributed by atoms with Crippen LogP contribution in [0.5, 0.6) is 5.75 Å². The predicted octanol–water partition coefficient (Wildman–Crippen LogP) is 3.98. The summed E-state index contributed by atoms with van der Waals surface area (Å²) >= 11 is 5.09. The second-order valence-electron chi connectivity index (χ2n) is 7.96. The Kier molecular flexibility index (Phi) is 8.53. The van der Waals surface area contributed by atoms with Gasteiger partial charge in [0.05, 0.1) is 6.10 Å². The number of benzene rings is 3. The molecule has 3 aromatic rings. The average Bonchev–Trinajstić information content (AvgIpc) is 2.82. The summed E-state index contributed by atoms with van der Waals surface area (Å²) in [6.07, 6.45) is -0.0234. The van der Waals surface area contributed by atoms with Crippen LogP contribution in [0.4, 0.5) is 5.69 Å². The summed E-state index contributed by atoms with van der Waals surface area (Å²) in [6.45, 7) is 5.70. The normalized spacial score (nSPS) is 10.3. The number of amides is 3. The van der Waals surface area contributed by atoms with E-state index < -0.39 is 11.8 Å². The van der Waals surface area contributed by atoms with E-state index in [0.29, 0.717) is 28.1 Å². The summed E-state index contributed by atoms with van der Waals surface area (Å²) in [6, 6.07) is 20.3. The lowest BCUT2D eigenvalue weighted by atomic mass is 10.1. The third kappa shape index (κ3) is 7.65. The van der Waals surface area contributed by atoms with Crippen LogP contribution in [-0.4, -0.2) is 28.9 Å². The fourth-order valence-corrected chi connectivity index (χ4v) is 3.21. The number of thiocarbonyl (C=S) groups is 1. The van der Waals surface area contributed by atoms with Crippen molar-refractivity contribution in [2.45, 2.75) is 26.9 Å². The zero-order chi connectivity index (χ0) is 25.4. The predicted molar refractivity (Wildman–Crippen MR) is 138 cm³/mol. The minimum absolute atomic E-state index is 0.0234. The number of nitrogens with one attached hydrogen (secondary N) is 4. The van der Waals surface area contributed by atoms with Gasteiger partial charge in [0.1, 0.15) is 5.75 Å². The largest absolute Gasteiger partial charge is 0.491 e. The highest BCUT2D eigenvalue weighted by Gasteiger charge is 2.12. The summed E-state index contributed by atoms with van der Waals surface area (Å²) in [5, 5.41) is 5.22. The molecule has 35 heavy (non-hydrogen) atoms. The van der Waals surface area contributed by atoms with E-state index in [2.05, 4.69) is 21.5 Å². The van der Waals surface area contributed by atoms with Crippen molar-refractivity contribution in [2.75, 3.05) is 5.32 Å². The van der Waals surface area contributed by atoms with Crippen molar-refractivity contribution >= 4 is 40.7 Å². The van der Waals surface area contributed by atoms with Crippen LogP contribution in [-0.2, 0) is 0 Å². The second-order valence-corrected chi connectivity index (χ2v) is 8.37. The summed E-state index contributed by atoms with van der Waals surface area (Å²) in [4.78, 5) is 37.2. The van der Waals surface area contributed by atoms with Crippen LogP contribution < -0.4 is 26.2 Å². The maximum Gasteiger partial charge on any atom is 0.269 e. The van der Waals surface area contributed by atoms with Crippen molar-refractivity contribution < 1.29 is 19.1 Å². The maximum atomic E-state index is 12.4. The first-order chi connectivity index (χ1) is 16.7. The highest BCUT2D eigenvalue weighted by molar-refractivity contribution is 7.80. The third-order valence-electron chi connectivity index (χ3n) is 4.67. The van der Waals surface area contributed by atoms with E-state index in [9.17, 15) is 14.4 Å².